The molecule has 2 aromatic rings. The van der Waals surface area contributed by atoms with Crippen LogP contribution < -0.4 is 10.6 Å². The fraction of sp³-hybridized carbons (Fsp3) is 0.560. The molecule has 3 rings (SSSR count). The molecule has 1 aliphatic rings. The molecule has 35 heavy (non-hydrogen) atoms. The second kappa shape index (κ2) is 12.5. The van der Waals surface area contributed by atoms with Crippen LogP contribution in [-0.2, 0) is 22.6 Å². The molecule has 1 fully saturated rings. The molecule has 2 amide bonds. The van der Waals surface area contributed by atoms with Crippen molar-refractivity contribution in [2.75, 3.05) is 27.2 Å². The summed E-state index contributed by atoms with van der Waals surface area (Å²) in [5, 5.41) is 27.1. The van der Waals surface area contributed by atoms with Crippen molar-refractivity contribution in [3.8, 4) is 10.4 Å². The zero-order chi connectivity index (χ0) is 25.5. The average molecular weight is 504 g/mol. The molecule has 9 nitrogen and oxygen atoms in total. The molecule has 1 saturated heterocycles. The summed E-state index contributed by atoms with van der Waals surface area (Å²) in [6.07, 6.45) is -0.359. The fourth-order valence-electron chi connectivity index (χ4n) is 4.34. The Hall–Kier alpha value is -2.37. The summed E-state index contributed by atoms with van der Waals surface area (Å²) < 4.78 is 0. The molecule has 1 aromatic heterocycles. The highest BCUT2D eigenvalue weighted by Crippen LogP contribution is 2.28. The van der Waals surface area contributed by atoms with E-state index in [9.17, 15) is 19.8 Å². The number of carbonyl (C=O) groups is 2. The van der Waals surface area contributed by atoms with Gasteiger partial charge in [-0.2, -0.15) is 0 Å². The lowest BCUT2D eigenvalue weighted by Crippen LogP contribution is -2.55. The highest BCUT2D eigenvalue weighted by Gasteiger charge is 2.42. The fourth-order valence-corrected chi connectivity index (χ4v) is 5.23. The van der Waals surface area contributed by atoms with Gasteiger partial charge in [0.15, 0.2) is 0 Å². The molecular weight excluding hydrogens is 466 g/mol. The first-order chi connectivity index (χ1) is 16.8. The molecule has 192 valence electrons. The van der Waals surface area contributed by atoms with Crippen molar-refractivity contribution in [2.24, 2.45) is 0 Å². The maximum absolute atomic E-state index is 13.0. The Balaban J connectivity index is 1.60. The predicted octanol–water partition coefficient (Wildman–Crippen LogP) is 1.20. The van der Waals surface area contributed by atoms with Crippen molar-refractivity contribution < 1.29 is 19.8 Å². The van der Waals surface area contributed by atoms with Crippen molar-refractivity contribution in [1.29, 1.82) is 0 Å². The minimum Gasteiger partial charge on any atom is -0.392 e. The normalized spacial score (nSPS) is 19.9. The lowest BCUT2D eigenvalue weighted by molar-refractivity contribution is -0.141. The summed E-state index contributed by atoms with van der Waals surface area (Å²) in [5.74, 6) is -0.351. The Morgan fingerprint density at radius 3 is 2.69 bits per heavy atom. The summed E-state index contributed by atoms with van der Waals surface area (Å²) in [6.45, 7) is 4.90. The molecule has 0 bridgehead atoms. The van der Waals surface area contributed by atoms with Crippen LogP contribution in [0, 0.1) is 0 Å². The van der Waals surface area contributed by atoms with E-state index in [4.69, 9.17) is 0 Å². The maximum atomic E-state index is 13.0. The minimum absolute atomic E-state index is 0.0977. The first-order valence-electron chi connectivity index (χ1n) is 12.1. The molecule has 1 aromatic carbocycles. The van der Waals surface area contributed by atoms with Gasteiger partial charge in [-0.05, 0) is 37.9 Å². The zero-order valence-electron chi connectivity index (χ0n) is 20.9. The maximum Gasteiger partial charge on any atom is 0.237 e. The molecular formula is C25H37N5O4S. The molecule has 0 spiro atoms. The number of rotatable bonds is 11. The number of aromatic nitrogens is 1. The Bertz CT molecular complexity index is 982. The monoisotopic (exact) mass is 503 g/mol. The van der Waals surface area contributed by atoms with E-state index < -0.39 is 24.4 Å². The van der Waals surface area contributed by atoms with Crippen LogP contribution in [-0.4, -0.2) is 88.4 Å². The van der Waals surface area contributed by atoms with Crippen molar-refractivity contribution in [3.63, 3.8) is 0 Å². The molecule has 4 atom stereocenters. The average Bonchev–Trinajstić information content (AvgIpc) is 3.51. The third-order valence-electron chi connectivity index (χ3n) is 6.64. The molecule has 0 radical (unpaired) electrons. The van der Waals surface area contributed by atoms with Crippen LogP contribution in [0.1, 0.15) is 37.9 Å². The molecule has 2 heterocycles. The number of benzene rings is 1. The van der Waals surface area contributed by atoms with Gasteiger partial charge in [0.2, 0.25) is 11.8 Å². The third kappa shape index (κ3) is 6.65. The Morgan fingerprint density at radius 2 is 2.03 bits per heavy atom. The molecule has 1 unspecified atom stereocenters. The van der Waals surface area contributed by atoms with Crippen LogP contribution in [0.15, 0.2) is 29.8 Å². The Morgan fingerprint density at radius 1 is 1.31 bits per heavy atom. The number of aryl methyl sites for hydroxylation is 1. The second-order valence-corrected chi connectivity index (χ2v) is 9.87. The van der Waals surface area contributed by atoms with E-state index in [0.717, 1.165) is 28.1 Å². The number of nitrogens with zero attached hydrogens (tertiary/aromatic N) is 3. The van der Waals surface area contributed by atoms with Crippen LogP contribution in [0.25, 0.3) is 10.4 Å². The lowest BCUT2D eigenvalue weighted by Gasteiger charge is -2.36. The van der Waals surface area contributed by atoms with Crippen molar-refractivity contribution in [3.05, 3.63) is 41.0 Å². The Labute approximate surface area is 211 Å². The number of β-amino-alcohol motifs (C(OH)–C–C–N with tert-alkyl or cyclic N) is 1. The number of aliphatic hydroxyl groups is 2. The van der Waals surface area contributed by atoms with Gasteiger partial charge in [0.05, 0.1) is 34.3 Å². The van der Waals surface area contributed by atoms with E-state index in [1.54, 1.807) is 37.3 Å². The standard InChI is InChI=1S/C25H37N5O4S/c1-5-20-23(35-15-28-20)18-8-6-17(7-9-18)13-27-24(33)21-12-19(31)14-30(21)25(34)16(2)29(4)22(32)10-11-26-3/h6-9,15-16,19,21,25-26,31,34H,5,10-14H2,1-4H3,(H,27,33)/t16-,19+,21-,25?/m0/s1. The number of aliphatic hydroxyl groups excluding tert-OH is 2. The van der Waals surface area contributed by atoms with Gasteiger partial charge in [0.25, 0.3) is 0 Å². The van der Waals surface area contributed by atoms with Gasteiger partial charge in [-0.3, -0.25) is 14.5 Å². The van der Waals surface area contributed by atoms with E-state index in [-0.39, 0.29) is 24.8 Å². The number of likely N-dealkylation sites (tertiary alicyclic amines) is 1. The first kappa shape index (κ1) is 27.2. The summed E-state index contributed by atoms with van der Waals surface area (Å²) in [6, 6.07) is 6.83. The van der Waals surface area contributed by atoms with Crippen LogP contribution >= 0.6 is 11.3 Å². The summed E-state index contributed by atoms with van der Waals surface area (Å²) in [5.41, 5.74) is 5.00. The quantitative estimate of drug-likeness (QED) is 0.364. The number of thiazole rings is 1. The predicted molar refractivity (Wildman–Crippen MR) is 137 cm³/mol. The Kier molecular flexibility index (Phi) is 9.76. The number of hydrogen-bond acceptors (Lipinski definition) is 8. The van der Waals surface area contributed by atoms with Crippen LogP contribution in [0.4, 0.5) is 0 Å². The number of nitrogens with one attached hydrogen (secondary N) is 2. The van der Waals surface area contributed by atoms with Gasteiger partial charge >= 0.3 is 0 Å². The molecule has 0 aliphatic carbocycles. The van der Waals surface area contributed by atoms with Crippen molar-refractivity contribution in [1.82, 2.24) is 25.4 Å². The highest BCUT2D eigenvalue weighted by molar-refractivity contribution is 7.13. The SMILES string of the molecule is CCc1ncsc1-c1ccc(CNC(=O)[C@@H]2C[C@@H](O)CN2C(O)[C@H](C)N(C)C(=O)CCNC)cc1. The number of likely N-dealkylation sites (N-methyl/N-ethyl adjacent to an activating group) is 1. The largest absolute Gasteiger partial charge is 0.392 e. The second-order valence-electron chi connectivity index (χ2n) is 9.01. The van der Waals surface area contributed by atoms with Gasteiger partial charge < -0.3 is 25.7 Å². The number of amides is 2. The topological polar surface area (TPSA) is 118 Å². The molecule has 0 saturated carbocycles. The smallest absolute Gasteiger partial charge is 0.237 e. The first-order valence-corrected chi connectivity index (χ1v) is 13.0. The highest BCUT2D eigenvalue weighted by atomic mass is 32.1. The summed E-state index contributed by atoms with van der Waals surface area (Å²) in [7, 11) is 3.42. The molecule has 1 aliphatic heterocycles. The summed E-state index contributed by atoms with van der Waals surface area (Å²) >= 11 is 1.62. The van der Waals surface area contributed by atoms with Gasteiger partial charge in [0, 0.05) is 33.1 Å². The number of carbonyl (C=O) groups excluding carboxylic acids is 2. The van der Waals surface area contributed by atoms with Crippen LogP contribution in [0.5, 0.6) is 0 Å². The van der Waals surface area contributed by atoms with E-state index in [2.05, 4.69) is 22.5 Å². The lowest BCUT2D eigenvalue weighted by atomic mass is 10.1. The van der Waals surface area contributed by atoms with E-state index >= 15 is 0 Å². The van der Waals surface area contributed by atoms with Gasteiger partial charge in [-0.25, -0.2) is 4.98 Å². The number of hydrogen-bond donors (Lipinski definition) is 4. The molecule has 4 N–H and O–H groups in total. The van der Waals surface area contributed by atoms with Gasteiger partial charge in [0.1, 0.15) is 6.23 Å². The zero-order valence-corrected chi connectivity index (χ0v) is 21.7. The third-order valence-corrected chi connectivity index (χ3v) is 7.56. The van der Waals surface area contributed by atoms with E-state index in [0.29, 0.717) is 19.5 Å². The van der Waals surface area contributed by atoms with Gasteiger partial charge in [-0.1, -0.05) is 31.2 Å². The van der Waals surface area contributed by atoms with Crippen LogP contribution in [0.2, 0.25) is 0 Å². The van der Waals surface area contributed by atoms with Crippen molar-refractivity contribution in [2.45, 2.75) is 64.1 Å². The van der Waals surface area contributed by atoms with Crippen molar-refractivity contribution >= 4 is 23.2 Å². The van der Waals surface area contributed by atoms with E-state index in [1.165, 1.54) is 4.90 Å². The van der Waals surface area contributed by atoms with Gasteiger partial charge in [-0.15, -0.1) is 11.3 Å². The van der Waals surface area contributed by atoms with Crippen LogP contribution in [0.3, 0.4) is 0 Å². The molecule has 10 heteroatoms. The minimum atomic E-state index is -1.07. The summed E-state index contributed by atoms with van der Waals surface area (Å²) in [4.78, 5) is 34.0. The van der Waals surface area contributed by atoms with E-state index in [1.807, 2.05) is 29.8 Å².